The molecule has 0 aliphatic rings. The lowest BCUT2D eigenvalue weighted by Gasteiger charge is -2.26. The number of nitrogens with two attached hydrogens (primary N) is 2. The van der Waals surface area contributed by atoms with Gasteiger partial charge in [-0.3, -0.25) is 19.2 Å². The van der Waals surface area contributed by atoms with Gasteiger partial charge in [0.2, 0.25) is 23.6 Å². The van der Waals surface area contributed by atoms with Crippen molar-refractivity contribution in [3.05, 3.63) is 18.2 Å². The van der Waals surface area contributed by atoms with Gasteiger partial charge in [-0.25, -0.2) is 9.78 Å². The van der Waals surface area contributed by atoms with Crippen LogP contribution in [0, 0.1) is 5.92 Å². The highest BCUT2D eigenvalue weighted by Crippen LogP contribution is 2.09. The number of nitrogens with one attached hydrogen (secondary N) is 4. The number of carboxylic acid groups (broad SMARTS) is 1. The van der Waals surface area contributed by atoms with Crippen LogP contribution >= 0.6 is 11.8 Å². The van der Waals surface area contributed by atoms with E-state index in [9.17, 15) is 29.1 Å². The summed E-state index contributed by atoms with van der Waals surface area (Å²) in [4.78, 5) is 68.2. The molecule has 5 unspecified atom stereocenters. The Balaban J connectivity index is 2.99. The molecular formula is C22H37N7O6S. The van der Waals surface area contributed by atoms with Gasteiger partial charge in [0, 0.05) is 24.7 Å². The van der Waals surface area contributed by atoms with Gasteiger partial charge < -0.3 is 37.5 Å². The number of carbonyl (C=O) groups excluding carboxylic acids is 4. The molecule has 0 spiro atoms. The largest absolute Gasteiger partial charge is 0.480 e. The molecule has 0 aromatic carbocycles. The Morgan fingerprint density at radius 1 is 1.06 bits per heavy atom. The minimum Gasteiger partial charge on any atom is -0.480 e. The number of amides is 4. The monoisotopic (exact) mass is 527 g/mol. The number of aromatic amines is 1. The van der Waals surface area contributed by atoms with Crippen LogP contribution in [0.2, 0.25) is 0 Å². The second-order valence-electron chi connectivity index (χ2n) is 8.50. The smallest absolute Gasteiger partial charge is 0.326 e. The van der Waals surface area contributed by atoms with E-state index in [1.807, 2.05) is 13.2 Å². The molecule has 1 aromatic heterocycles. The number of carbonyl (C=O) groups is 5. The van der Waals surface area contributed by atoms with Crippen molar-refractivity contribution in [3.63, 3.8) is 0 Å². The van der Waals surface area contributed by atoms with Crippen molar-refractivity contribution in [1.82, 2.24) is 25.9 Å². The average Bonchev–Trinajstić information content (AvgIpc) is 3.35. The zero-order valence-corrected chi connectivity index (χ0v) is 21.6. The number of rotatable bonds is 17. The quantitative estimate of drug-likeness (QED) is 0.130. The first-order valence-corrected chi connectivity index (χ1v) is 13.0. The van der Waals surface area contributed by atoms with Gasteiger partial charge in [-0.05, 0) is 30.8 Å². The topological polar surface area (TPSA) is 222 Å². The molecule has 36 heavy (non-hydrogen) atoms. The Morgan fingerprint density at radius 3 is 2.14 bits per heavy atom. The molecule has 0 bridgehead atoms. The molecule has 0 saturated heterocycles. The number of carboxylic acids is 1. The van der Waals surface area contributed by atoms with Crippen LogP contribution in [0.5, 0.6) is 0 Å². The number of primary amides is 1. The summed E-state index contributed by atoms with van der Waals surface area (Å²) in [5, 5.41) is 17.1. The minimum atomic E-state index is -1.26. The van der Waals surface area contributed by atoms with Crippen LogP contribution in [-0.4, -0.2) is 80.8 Å². The molecule has 1 rings (SSSR count). The average molecular weight is 528 g/mol. The third-order valence-corrected chi connectivity index (χ3v) is 6.35. The Bertz CT molecular complexity index is 882. The maximum absolute atomic E-state index is 13.1. The highest BCUT2D eigenvalue weighted by atomic mass is 32.2. The number of hydrogen-bond donors (Lipinski definition) is 7. The van der Waals surface area contributed by atoms with Crippen LogP contribution < -0.4 is 27.4 Å². The standard InChI is InChI=1S/C22H37N7O6S/c1-4-12(2)18(24)21(33)28-14(5-6-17(23)30)19(31)27-15(7-8-36-3)20(32)29-16(22(34)35)9-13-10-25-11-26-13/h10-12,14-16,18H,4-9,24H2,1-3H3,(H2,23,30)(H,25,26)(H,27,31)(H,28,33)(H,29,32)(H,34,35). The van der Waals surface area contributed by atoms with Gasteiger partial charge in [-0.1, -0.05) is 20.3 Å². The van der Waals surface area contributed by atoms with Crippen LogP contribution in [0.15, 0.2) is 12.5 Å². The number of hydrogen-bond acceptors (Lipinski definition) is 8. The summed E-state index contributed by atoms with van der Waals surface area (Å²) in [5.41, 5.74) is 11.7. The second-order valence-corrected chi connectivity index (χ2v) is 9.49. The summed E-state index contributed by atoms with van der Waals surface area (Å²) in [5.74, 6) is -3.53. The second kappa shape index (κ2) is 15.8. The van der Waals surface area contributed by atoms with E-state index in [2.05, 4.69) is 25.9 Å². The molecule has 9 N–H and O–H groups in total. The third-order valence-electron chi connectivity index (χ3n) is 5.71. The number of aromatic nitrogens is 2. The Kier molecular flexibility index (Phi) is 13.5. The first kappa shape index (κ1) is 30.9. The van der Waals surface area contributed by atoms with E-state index in [4.69, 9.17) is 11.5 Å². The molecule has 14 heteroatoms. The molecular weight excluding hydrogens is 490 g/mol. The molecule has 4 amide bonds. The summed E-state index contributed by atoms with van der Waals surface area (Å²) in [7, 11) is 0. The zero-order chi connectivity index (χ0) is 27.3. The molecule has 0 aliphatic heterocycles. The molecule has 5 atom stereocenters. The van der Waals surface area contributed by atoms with Crippen LogP contribution in [0.25, 0.3) is 0 Å². The van der Waals surface area contributed by atoms with E-state index in [1.165, 1.54) is 24.3 Å². The first-order valence-electron chi connectivity index (χ1n) is 11.6. The molecule has 0 saturated carbocycles. The third kappa shape index (κ3) is 10.6. The fourth-order valence-electron chi connectivity index (χ4n) is 3.20. The van der Waals surface area contributed by atoms with Gasteiger partial charge in [-0.15, -0.1) is 0 Å². The van der Waals surface area contributed by atoms with E-state index >= 15 is 0 Å². The van der Waals surface area contributed by atoms with Crippen LogP contribution in [0.4, 0.5) is 0 Å². The zero-order valence-electron chi connectivity index (χ0n) is 20.8. The van der Waals surface area contributed by atoms with Crippen molar-refractivity contribution in [2.75, 3.05) is 12.0 Å². The predicted octanol–water partition coefficient (Wildman–Crippen LogP) is -1.12. The summed E-state index contributed by atoms with van der Waals surface area (Å²) >= 11 is 1.44. The number of aliphatic carboxylic acids is 1. The van der Waals surface area contributed by atoms with Gasteiger partial charge in [-0.2, -0.15) is 11.8 Å². The van der Waals surface area contributed by atoms with Crippen LogP contribution in [0.1, 0.15) is 45.2 Å². The normalized spacial score (nSPS) is 15.1. The summed E-state index contributed by atoms with van der Waals surface area (Å²) in [6.45, 7) is 3.68. The maximum atomic E-state index is 13.1. The SMILES string of the molecule is CCC(C)C(N)C(=O)NC(CCC(N)=O)C(=O)NC(CCSC)C(=O)NC(Cc1cnc[nH]1)C(=O)O. The molecule has 0 aliphatic carbocycles. The Hall–Kier alpha value is -3.13. The highest BCUT2D eigenvalue weighted by Gasteiger charge is 2.31. The van der Waals surface area contributed by atoms with Crippen molar-refractivity contribution in [2.45, 2.75) is 70.1 Å². The van der Waals surface area contributed by atoms with Crippen molar-refractivity contribution >= 4 is 41.4 Å². The van der Waals surface area contributed by atoms with Gasteiger partial charge in [0.1, 0.15) is 18.1 Å². The lowest BCUT2D eigenvalue weighted by atomic mass is 9.98. The Labute approximate surface area is 214 Å². The minimum absolute atomic E-state index is 0.0327. The molecule has 0 fully saturated rings. The van der Waals surface area contributed by atoms with E-state index < -0.39 is 53.8 Å². The number of H-pyrrole nitrogens is 1. The van der Waals surface area contributed by atoms with E-state index in [0.717, 1.165) is 0 Å². The van der Waals surface area contributed by atoms with Crippen molar-refractivity contribution in [2.24, 2.45) is 17.4 Å². The number of imidazole rings is 1. The van der Waals surface area contributed by atoms with Gasteiger partial charge >= 0.3 is 5.97 Å². The molecule has 202 valence electrons. The number of nitrogens with zero attached hydrogens (tertiary/aromatic N) is 1. The summed E-state index contributed by atoms with van der Waals surface area (Å²) in [6, 6.07) is -4.37. The fourth-order valence-corrected chi connectivity index (χ4v) is 3.67. The van der Waals surface area contributed by atoms with Crippen LogP contribution in [-0.2, 0) is 30.4 Å². The van der Waals surface area contributed by atoms with Crippen molar-refractivity contribution < 1.29 is 29.1 Å². The van der Waals surface area contributed by atoms with Gasteiger partial charge in [0.05, 0.1) is 12.4 Å². The molecule has 13 nitrogen and oxygen atoms in total. The van der Waals surface area contributed by atoms with E-state index in [1.54, 1.807) is 6.92 Å². The first-order chi connectivity index (χ1) is 17.0. The van der Waals surface area contributed by atoms with Crippen molar-refractivity contribution in [1.29, 1.82) is 0 Å². The lowest BCUT2D eigenvalue weighted by molar-refractivity contribution is -0.142. The van der Waals surface area contributed by atoms with Gasteiger partial charge in [0.15, 0.2) is 0 Å². The highest BCUT2D eigenvalue weighted by molar-refractivity contribution is 7.98. The maximum Gasteiger partial charge on any atom is 0.326 e. The fraction of sp³-hybridized carbons (Fsp3) is 0.636. The van der Waals surface area contributed by atoms with Crippen LogP contribution in [0.3, 0.4) is 0 Å². The van der Waals surface area contributed by atoms with Gasteiger partial charge in [0.25, 0.3) is 0 Å². The lowest BCUT2D eigenvalue weighted by Crippen LogP contribution is -2.58. The van der Waals surface area contributed by atoms with E-state index in [-0.39, 0.29) is 31.6 Å². The molecule has 1 heterocycles. The summed E-state index contributed by atoms with van der Waals surface area (Å²) < 4.78 is 0. The Morgan fingerprint density at radius 2 is 1.64 bits per heavy atom. The van der Waals surface area contributed by atoms with Crippen molar-refractivity contribution in [3.8, 4) is 0 Å². The van der Waals surface area contributed by atoms with E-state index in [0.29, 0.717) is 17.9 Å². The predicted molar refractivity (Wildman–Crippen MR) is 135 cm³/mol. The molecule has 1 aromatic rings. The summed E-state index contributed by atoms with van der Waals surface area (Å²) in [6.07, 6.45) is 5.22. The number of thioether (sulfide) groups is 1. The molecule has 0 radical (unpaired) electrons.